The van der Waals surface area contributed by atoms with Crippen LogP contribution in [0.25, 0.3) is 0 Å². The van der Waals surface area contributed by atoms with Crippen molar-refractivity contribution in [3.63, 3.8) is 0 Å². The van der Waals surface area contributed by atoms with Crippen LogP contribution in [0.4, 0.5) is 8.78 Å². The van der Waals surface area contributed by atoms with Crippen LogP contribution in [0, 0.1) is 5.92 Å². The minimum absolute atomic E-state index is 0.175. The summed E-state index contributed by atoms with van der Waals surface area (Å²) in [6.07, 6.45) is -2.54. The fourth-order valence-electron chi connectivity index (χ4n) is 2.38. The molecule has 2 bridgehead atoms. The molecule has 2 rings (SSSR count). The predicted octanol–water partition coefficient (Wildman–Crippen LogP) is 1.28. The zero-order valence-electron chi connectivity index (χ0n) is 8.74. The first-order chi connectivity index (χ1) is 7.42. The van der Waals surface area contributed by atoms with Gasteiger partial charge in [-0.25, -0.2) is 4.79 Å². The Morgan fingerprint density at radius 3 is 2.88 bits per heavy atom. The number of esters is 2. The number of hydrogen-bond donors (Lipinski definition) is 0. The normalized spacial score (nSPS) is 37.4. The Balaban J connectivity index is 2.06. The van der Waals surface area contributed by atoms with E-state index in [1.54, 1.807) is 6.92 Å². The van der Waals surface area contributed by atoms with Crippen molar-refractivity contribution in [2.75, 3.05) is 0 Å². The van der Waals surface area contributed by atoms with Crippen molar-refractivity contribution in [2.45, 2.75) is 44.3 Å². The van der Waals surface area contributed by atoms with E-state index in [1.165, 1.54) is 0 Å². The third-order valence-corrected chi connectivity index (χ3v) is 3.21. The molecule has 2 aliphatic rings. The lowest BCUT2D eigenvalue weighted by molar-refractivity contribution is -0.181. The Bertz CT molecular complexity index is 331. The zero-order valence-corrected chi connectivity index (χ0v) is 8.74. The van der Waals surface area contributed by atoms with Gasteiger partial charge in [-0.3, -0.25) is 4.79 Å². The standard InChI is InChI=1S/C10H12F2O4/c1-10-4-5(8(13)16-10)2-3-6(10)15-9(14)7(11)12/h5-7H,2-4H2,1H3. The molecule has 3 unspecified atom stereocenters. The van der Waals surface area contributed by atoms with Crippen molar-refractivity contribution in [1.82, 2.24) is 0 Å². The van der Waals surface area contributed by atoms with Crippen molar-refractivity contribution in [1.29, 1.82) is 0 Å². The molecule has 90 valence electrons. The Morgan fingerprint density at radius 1 is 1.56 bits per heavy atom. The maximum absolute atomic E-state index is 12.0. The smallest absolute Gasteiger partial charge is 0.374 e. The predicted molar refractivity (Wildman–Crippen MR) is 47.7 cm³/mol. The molecule has 0 aromatic heterocycles. The molecule has 0 amide bonds. The zero-order chi connectivity index (χ0) is 11.9. The van der Waals surface area contributed by atoms with Crippen molar-refractivity contribution in [3.8, 4) is 0 Å². The van der Waals surface area contributed by atoms with Crippen LogP contribution in [-0.4, -0.2) is 30.1 Å². The lowest BCUT2D eigenvalue weighted by atomic mass is 9.80. The number of rotatable bonds is 2. The molecule has 1 aliphatic carbocycles. The number of carbonyl (C=O) groups excluding carboxylic acids is 2. The second kappa shape index (κ2) is 3.68. The van der Waals surface area contributed by atoms with Crippen LogP contribution in [0.5, 0.6) is 0 Å². The number of ether oxygens (including phenoxy) is 2. The lowest BCUT2D eigenvalue weighted by Crippen LogP contribution is -2.44. The van der Waals surface area contributed by atoms with E-state index >= 15 is 0 Å². The van der Waals surface area contributed by atoms with Gasteiger partial charge in [0, 0.05) is 6.42 Å². The largest absolute Gasteiger partial charge is 0.455 e. The lowest BCUT2D eigenvalue weighted by Gasteiger charge is -2.34. The number of fused-ring (bicyclic) bond motifs is 2. The number of carbonyl (C=O) groups is 2. The number of halogens is 2. The van der Waals surface area contributed by atoms with Crippen molar-refractivity contribution in [2.24, 2.45) is 5.92 Å². The minimum atomic E-state index is -3.14. The van der Waals surface area contributed by atoms with E-state index in [-0.39, 0.29) is 11.9 Å². The molecular weight excluding hydrogens is 222 g/mol. The van der Waals surface area contributed by atoms with E-state index in [9.17, 15) is 18.4 Å². The first-order valence-corrected chi connectivity index (χ1v) is 5.14. The van der Waals surface area contributed by atoms with E-state index in [1.807, 2.05) is 0 Å². The summed E-state index contributed by atoms with van der Waals surface area (Å²) >= 11 is 0. The van der Waals surface area contributed by atoms with Gasteiger partial charge in [-0.1, -0.05) is 0 Å². The third-order valence-electron chi connectivity index (χ3n) is 3.21. The molecule has 1 heterocycles. The molecule has 16 heavy (non-hydrogen) atoms. The Kier molecular flexibility index (Phi) is 2.59. The van der Waals surface area contributed by atoms with Crippen LogP contribution in [0.2, 0.25) is 0 Å². The van der Waals surface area contributed by atoms with Gasteiger partial charge in [0.1, 0.15) is 11.7 Å². The summed E-state index contributed by atoms with van der Waals surface area (Å²) in [5.74, 6) is -2.04. The molecule has 4 nitrogen and oxygen atoms in total. The van der Waals surface area contributed by atoms with E-state index in [0.717, 1.165) is 0 Å². The van der Waals surface area contributed by atoms with Gasteiger partial charge >= 0.3 is 18.4 Å². The SMILES string of the molecule is CC12CC(CCC1OC(=O)C(F)F)C(=O)O2. The first-order valence-electron chi connectivity index (χ1n) is 5.14. The average Bonchev–Trinajstić information content (AvgIpc) is 2.43. The molecule has 0 spiro atoms. The summed E-state index contributed by atoms with van der Waals surface area (Å²) in [4.78, 5) is 22.1. The van der Waals surface area contributed by atoms with Gasteiger partial charge < -0.3 is 9.47 Å². The third kappa shape index (κ3) is 1.76. The Morgan fingerprint density at radius 2 is 2.25 bits per heavy atom. The highest BCUT2D eigenvalue weighted by Gasteiger charge is 2.54. The Labute approximate surface area is 90.9 Å². The maximum Gasteiger partial charge on any atom is 0.374 e. The van der Waals surface area contributed by atoms with E-state index in [4.69, 9.17) is 4.74 Å². The summed E-state index contributed by atoms with van der Waals surface area (Å²) in [6, 6.07) is 0. The summed E-state index contributed by atoms with van der Waals surface area (Å²) in [5, 5.41) is 0. The highest BCUT2D eigenvalue weighted by atomic mass is 19.3. The van der Waals surface area contributed by atoms with Crippen LogP contribution in [0.3, 0.4) is 0 Å². The summed E-state index contributed by atoms with van der Waals surface area (Å²) in [5.41, 5.74) is -0.926. The molecule has 1 aliphatic heterocycles. The highest BCUT2D eigenvalue weighted by molar-refractivity contribution is 5.76. The van der Waals surface area contributed by atoms with Gasteiger partial charge in [0.15, 0.2) is 0 Å². The molecule has 6 heteroatoms. The molecule has 3 atom stereocenters. The number of alkyl halides is 2. The van der Waals surface area contributed by atoms with Crippen LogP contribution in [0.1, 0.15) is 26.2 Å². The summed E-state index contributed by atoms with van der Waals surface area (Å²) in [6.45, 7) is 1.62. The quantitative estimate of drug-likeness (QED) is 0.675. The van der Waals surface area contributed by atoms with Crippen molar-refractivity contribution in [3.05, 3.63) is 0 Å². The summed E-state index contributed by atoms with van der Waals surface area (Å²) in [7, 11) is 0. The van der Waals surface area contributed by atoms with Gasteiger partial charge in [-0.15, -0.1) is 0 Å². The monoisotopic (exact) mass is 234 g/mol. The molecule has 2 fully saturated rings. The topological polar surface area (TPSA) is 52.6 Å². The van der Waals surface area contributed by atoms with Crippen molar-refractivity contribution < 1.29 is 27.8 Å². The van der Waals surface area contributed by atoms with Crippen LogP contribution >= 0.6 is 0 Å². The second-order valence-corrected chi connectivity index (χ2v) is 4.44. The molecule has 0 N–H and O–H groups in total. The van der Waals surface area contributed by atoms with Gasteiger partial charge in [0.05, 0.1) is 5.92 Å². The van der Waals surface area contributed by atoms with E-state index in [0.29, 0.717) is 19.3 Å². The van der Waals surface area contributed by atoms with E-state index < -0.39 is 24.1 Å². The highest BCUT2D eigenvalue weighted by Crippen LogP contribution is 2.43. The van der Waals surface area contributed by atoms with Crippen LogP contribution < -0.4 is 0 Å². The second-order valence-electron chi connectivity index (χ2n) is 4.44. The van der Waals surface area contributed by atoms with Crippen LogP contribution in [0.15, 0.2) is 0 Å². The molecular formula is C10H12F2O4. The van der Waals surface area contributed by atoms with Crippen molar-refractivity contribution >= 4 is 11.9 Å². The fraction of sp³-hybridized carbons (Fsp3) is 0.800. The molecule has 0 radical (unpaired) electrons. The maximum atomic E-state index is 12.0. The Hall–Kier alpha value is -1.20. The van der Waals surface area contributed by atoms with Gasteiger partial charge in [-0.05, 0) is 19.8 Å². The average molecular weight is 234 g/mol. The minimum Gasteiger partial charge on any atom is -0.455 e. The van der Waals surface area contributed by atoms with Crippen LogP contribution in [-0.2, 0) is 19.1 Å². The van der Waals surface area contributed by atoms with Gasteiger partial charge in [-0.2, -0.15) is 8.78 Å². The molecule has 0 aromatic carbocycles. The number of hydrogen-bond acceptors (Lipinski definition) is 4. The summed E-state index contributed by atoms with van der Waals surface area (Å²) < 4.78 is 33.9. The van der Waals surface area contributed by atoms with Gasteiger partial charge in [0.25, 0.3) is 0 Å². The first kappa shape index (κ1) is 11.3. The molecule has 1 saturated heterocycles. The van der Waals surface area contributed by atoms with Gasteiger partial charge in [0.2, 0.25) is 0 Å². The fourth-order valence-corrected chi connectivity index (χ4v) is 2.38. The van der Waals surface area contributed by atoms with E-state index in [2.05, 4.69) is 4.74 Å². The molecule has 0 aromatic rings. The molecule has 1 saturated carbocycles.